The molecule has 2 aromatic rings. The van der Waals surface area contributed by atoms with E-state index in [9.17, 15) is 4.79 Å². The predicted octanol–water partition coefficient (Wildman–Crippen LogP) is 3.94. The lowest BCUT2D eigenvalue weighted by atomic mass is 10.1. The Kier molecular flexibility index (Phi) is 7.31. The molecule has 5 nitrogen and oxygen atoms in total. The molecule has 6 heteroatoms. The van der Waals surface area contributed by atoms with E-state index in [1.165, 1.54) is 0 Å². The first-order chi connectivity index (χ1) is 12.5. The van der Waals surface area contributed by atoms with Crippen LogP contribution in [-0.2, 0) is 11.3 Å². The highest BCUT2D eigenvalue weighted by Gasteiger charge is 2.08. The van der Waals surface area contributed by atoms with Crippen LogP contribution in [0.1, 0.15) is 23.1 Å². The maximum atomic E-state index is 11.5. The van der Waals surface area contributed by atoms with Gasteiger partial charge in [0.25, 0.3) is 0 Å². The Morgan fingerprint density at radius 2 is 1.85 bits per heavy atom. The number of hydrogen-bond donors (Lipinski definition) is 1. The van der Waals surface area contributed by atoms with Crippen LogP contribution in [-0.4, -0.2) is 19.1 Å². The zero-order valence-electron chi connectivity index (χ0n) is 14.8. The molecule has 0 atom stereocenters. The molecule has 0 bridgehead atoms. The number of benzene rings is 2. The summed E-state index contributed by atoms with van der Waals surface area (Å²) in [5.74, 6) is 1.13. The van der Waals surface area contributed by atoms with Gasteiger partial charge in [-0.25, -0.2) is 0 Å². The Hall–Kier alpha value is -2.71. The Morgan fingerprint density at radius 3 is 2.58 bits per heavy atom. The zero-order valence-corrected chi connectivity index (χ0v) is 15.6. The van der Waals surface area contributed by atoms with Gasteiger partial charge in [-0.1, -0.05) is 23.7 Å². The summed E-state index contributed by atoms with van der Waals surface area (Å²) in [6.45, 7) is 5.01. The number of nitrogens with zero attached hydrogens (tertiary/aromatic N) is 1. The first-order valence-electron chi connectivity index (χ1n) is 8.24. The number of rotatable bonds is 8. The van der Waals surface area contributed by atoms with Crippen molar-refractivity contribution in [3.63, 3.8) is 0 Å². The molecule has 0 aliphatic rings. The van der Waals surface area contributed by atoms with Crippen molar-refractivity contribution in [1.82, 2.24) is 5.32 Å². The minimum atomic E-state index is -0.336. The van der Waals surface area contributed by atoms with Gasteiger partial charge in [0.2, 0.25) is 5.91 Å². The van der Waals surface area contributed by atoms with E-state index in [-0.39, 0.29) is 18.9 Å². The summed E-state index contributed by atoms with van der Waals surface area (Å²) < 4.78 is 11.6. The van der Waals surface area contributed by atoms with Gasteiger partial charge in [0, 0.05) is 17.1 Å². The largest absolute Gasteiger partial charge is 0.490 e. The third-order valence-electron chi connectivity index (χ3n) is 3.68. The first kappa shape index (κ1) is 19.6. The van der Waals surface area contributed by atoms with Gasteiger partial charge in [0.15, 0.2) is 0 Å². The van der Waals surface area contributed by atoms with Crippen molar-refractivity contribution >= 4 is 17.5 Å². The van der Waals surface area contributed by atoms with Gasteiger partial charge in [0.1, 0.15) is 31.1 Å². The van der Waals surface area contributed by atoms with Gasteiger partial charge in [0.05, 0.1) is 6.07 Å². The van der Waals surface area contributed by atoms with E-state index < -0.39 is 0 Å². The molecule has 0 saturated carbocycles. The number of ether oxygens (including phenoxy) is 2. The molecule has 136 valence electrons. The molecule has 0 aliphatic carbocycles. The Morgan fingerprint density at radius 1 is 1.12 bits per heavy atom. The molecular formula is C20H21ClN2O3. The number of carbonyl (C=O) groups is 1. The molecule has 26 heavy (non-hydrogen) atoms. The van der Waals surface area contributed by atoms with Crippen LogP contribution in [0.2, 0.25) is 5.02 Å². The topological polar surface area (TPSA) is 71.3 Å². The standard InChI is InChI=1S/C20H21ClN2O3/c1-14-3-4-15(2)19(11-14)26-10-9-25-18-6-5-17(21)12-16(18)13-23-20(24)7-8-22/h3-6,11-12H,7,9-10,13H2,1-2H3,(H,23,24). The monoisotopic (exact) mass is 372 g/mol. The number of halogens is 1. The first-order valence-corrected chi connectivity index (χ1v) is 8.62. The molecule has 0 aromatic heterocycles. The summed E-state index contributed by atoms with van der Waals surface area (Å²) in [6, 6.07) is 13.1. The highest BCUT2D eigenvalue weighted by Crippen LogP contribution is 2.23. The zero-order chi connectivity index (χ0) is 18.9. The second kappa shape index (κ2) is 9.69. The minimum absolute atomic E-state index is 0.180. The van der Waals surface area contributed by atoms with Crippen LogP contribution in [0.5, 0.6) is 11.5 Å². The Labute approximate surface area is 158 Å². The van der Waals surface area contributed by atoms with Crippen LogP contribution < -0.4 is 14.8 Å². The fraction of sp³-hybridized carbons (Fsp3) is 0.300. The van der Waals surface area contributed by atoms with E-state index >= 15 is 0 Å². The Balaban J connectivity index is 1.91. The summed E-state index contributed by atoms with van der Waals surface area (Å²) in [4.78, 5) is 11.5. The van der Waals surface area contributed by atoms with Crippen molar-refractivity contribution in [1.29, 1.82) is 5.26 Å². The second-order valence-corrected chi connectivity index (χ2v) is 6.27. The van der Waals surface area contributed by atoms with Crippen LogP contribution in [0.4, 0.5) is 0 Å². The summed E-state index contributed by atoms with van der Waals surface area (Å²) in [5.41, 5.74) is 2.96. The lowest BCUT2D eigenvalue weighted by molar-refractivity contribution is -0.120. The SMILES string of the molecule is Cc1ccc(C)c(OCCOc2ccc(Cl)cc2CNC(=O)CC#N)c1. The average molecular weight is 373 g/mol. The third kappa shape index (κ3) is 5.98. The molecular weight excluding hydrogens is 352 g/mol. The van der Waals surface area contributed by atoms with E-state index in [0.717, 1.165) is 22.4 Å². The predicted molar refractivity (Wildman–Crippen MR) is 100 cm³/mol. The second-order valence-electron chi connectivity index (χ2n) is 5.83. The quantitative estimate of drug-likeness (QED) is 0.712. The van der Waals surface area contributed by atoms with Crippen molar-refractivity contribution in [2.24, 2.45) is 0 Å². The minimum Gasteiger partial charge on any atom is -0.490 e. The summed E-state index contributed by atoms with van der Waals surface area (Å²) in [6.07, 6.45) is -0.180. The van der Waals surface area contributed by atoms with Crippen LogP contribution in [0, 0.1) is 25.2 Å². The van der Waals surface area contributed by atoms with Crippen molar-refractivity contribution in [3.05, 3.63) is 58.1 Å². The molecule has 0 heterocycles. The number of nitrogens with one attached hydrogen (secondary N) is 1. The lowest BCUT2D eigenvalue weighted by Gasteiger charge is -2.14. The molecule has 1 amide bonds. The van der Waals surface area contributed by atoms with Gasteiger partial charge in [-0.3, -0.25) is 4.79 Å². The lowest BCUT2D eigenvalue weighted by Crippen LogP contribution is -2.22. The highest BCUT2D eigenvalue weighted by atomic mass is 35.5. The van der Waals surface area contributed by atoms with E-state index in [1.807, 2.05) is 38.1 Å². The molecule has 0 unspecified atom stereocenters. The molecule has 0 aliphatic heterocycles. The van der Waals surface area contributed by atoms with Crippen molar-refractivity contribution < 1.29 is 14.3 Å². The maximum absolute atomic E-state index is 11.5. The van der Waals surface area contributed by atoms with Gasteiger partial charge in [-0.2, -0.15) is 5.26 Å². The number of carbonyl (C=O) groups excluding carboxylic acids is 1. The molecule has 0 saturated heterocycles. The third-order valence-corrected chi connectivity index (χ3v) is 3.92. The van der Waals surface area contributed by atoms with Gasteiger partial charge < -0.3 is 14.8 Å². The molecule has 0 radical (unpaired) electrons. The summed E-state index contributed by atoms with van der Waals surface area (Å²) in [7, 11) is 0. The Bertz CT molecular complexity index is 815. The molecule has 0 spiro atoms. The van der Waals surface area contributed by atoms with Crippen LogP contribution in [0.15, 0.2) is 36.4 Å². The van der Waals surface area contributed by atoms with Crippen LogP contribution in [0.25, 0.3) is 0 Å². The smallest absolute Gasteiger partial charge is 0.234 e. The number of hydrogen-bond acceptors (Lipinski definition) is 4. The highest BCUT2D eigenvalue weighted by molar-refractivity contribution is 6.30. The summed E-state index contributed by atoms with van der Waals surface area (Å²) in [5, 5.41) is 11.8. The van der Waals surface area contributed by atoms with E-state index in [4.69, 9.17) is 26.3 Å². The van der Waals surface area contributed by atoms with Gasteiger partial charge in [-0.15, -0.1) is 0 Å². The summed E-state index contributed by atoms with van der Waals surface area (Å²) >= 11 is 6.02. The van der Waals surface area contributed by atoms with E-state index in [2.05, 4.69) is 5.32 Å². The van der Waals surface area contributed by atoms with Crippen molar-refractivity contribution in [2.75, 3.05) is 13.2 Å². The van der Waals surface area contributed by atoms with Crippen molar-refractivity contribution in [3.8, 4) is 17.6 Å². The van der Waals surface area contributed by atoms with Crippen molar-refractivity contribution in [2.45, 2.75) is 26.8 Å². The van der Waals surface area contributed by atoms with Crippen LogP contribution >= 0.6 is 11.6 Å². The normalized spacial score (nSPS) is 10.1. The van der Waals surface area contributed by atoms with E-state index in [1.54, 1.807) is 18.2 Å². The molecule has 0 fully saturated rings. The fourth-order valence-electron chi connectivity index (χ4n) is 2.32. The van der Waals surface area contributed by atoms with E-state index in [0.29, 0.717) is 24.0 Å². The average Bonchev–Trinajstić information content (AvgIpc) is 2.61. The van der Waals surface area contributed by atoms with Gasteiger partial charge >= 0.3 is 0 Å². The number of aryl methyl sites for hydroxylation is 2. The number of amides is 1. The maximum Gasteiger partial charge on any atom is 0.234 e. The fourth-order valence-corrected chi connectivity index (χ4v) is 2.52. The number of nitriles is 1. The molecule has 1 N–H and O–H groups in total. The van der Waals surface area contributed by atoms with Gasteiger partial charge in [-0.05, 0) is 49.2 Å². The van der Waals surface area contributed by atoms with Crippen LogP contribution in [0.3, 0.4) is 0 Å². The molecule has 2 aromatic carbocycles. The molecule has 2 rings (SSSR count).